The molecule has 1 aromatic rings. The lowest BCUT2D eigenvalue weighted by Gasteiger charge is -2.33. The van der Waals surface area contributed by atoms with E-state index in [1.165, 1.54) is 11.1 Å². The molecular formula is C16H22N2O4. The molecule has 1 saturated heterocycles. The third-order valence-electron chi connectivity index (χ3n) is 3.93. The third-order valence-corrected chi connectivity index (χ3v) is 3.93. The van der Waals surface area contributed by atoms with Crippen molar-refractivity contribution in [2.24, 2.45) is 0 Å². The Labute approximate surface area is 130 Å². The van der Waals surface area contributed by atoms with Crippen LogP contribution in [0.1, 0.15) is 49.9 Å². The smallest absolute Gasteiger partial charge is 0.326 e. The quantitative estimate of drug-likeness (QED) is 0.903. The van der Waals surface area contributed by atoms with E-state index in [4.69, 9.17) is 4.74 Å². The first-order valence-corrected chi connectivity index (χ1v) is 7.69. The van der Waals surface area contributed by atoms with E-state index >= 15 is 0 Å². The molecule has 6 nitrogen and oxygen atoms in total. The maximum atomic E-state index is 12.6. The molecule has 6 heteroatoms. The first-order chi connectivity index (χ1) is 10.5. The zero-order valence-electron chi connectivity index (χ0n) is 13.0. The third kappa shape index (κ3) is 3.75. The molecule has 1 unspecified atom stereocenters. The van der Waals surface area contributed by atoms with Crippen LogP contribution < -0.4 is 4.74 Å². The fraction of sp³-hybridized carbons (Fsp3) is 0.562. The summed E-state index contributed by atoms with van der Waals surface area (Å²) in [6.07, 6.45) is 4.54. The van der Waals surface area contributed by atoms with Crippen LogP contribution in [0.15, 0.2) is 18.3 Å². The van der Waals surface area contributed by atoms with Gasteiger partial charge in [-0.3, -0.25) is 4.79 Å². The van der Waals surface area contributed by atoms with Crippen LogP contribution in [-0.2, 0) is 4.79 Å². The second-order valence-electron chi connectivity index (χ2n) is 5.57. The van der Waals surface area contributed by atoms with E-state index in [2.05, 4.69) is 4.98 Å². The van der Waals surface area contributed by atoms with Gasteiger partial charge in [-0.05, 0) is 38.7 Å². The topological polar surface area (TPSA) is 79.7 Å². The van der Waals surface area contributed by atoms with Crippen molar-refractivity contribution in [1.82, 2.24) is 9.88 Å². The van der Waals surface area contributed by atoms with Crippen LogP contribution in [0.5, 0.6) is 5.88 Å². The van der Waals surface area contributed by atoms with Crippen LogP contribution in [0.25, 0.3) is 0 Å². The average molecular weight is 306 g/mol. The van der Waals surface area contributed by atoms with Gasteiger partial charge in [-0.25, -0.2) is 9.78 Å². The second-order valence-corrected chi connectivity index (χ2v) is 5.57. The molecule has 0 spiro atoms. The Morgan fingerprint density at radius 3 is 2.95 bits per heavy atom. The Hall–Kier alpha value is -2.11. The molecule has 1 N–H and O–H groups in total. The van der Waals surface area contributed by atoms with Gasteiger partial charge in [0.25, 0.3) is 5.91 Å². The minimum atomic E-state index is -0.946. The van der Waals surface area contributed by atoms with E-state index in [0.717, 1.165) is 19.3 Å². The number of amides is 1. The highest BCUT2D eigenvalue weighted by molar-refractivity contribution is 5.96. The van der Waals surface area contributed by atoms with Crippen molar-refractivity contribution in [3.8, 4) is 5.88 Å². The van der Waals surface area contributed by atoms with Crippen molar-refractivity contribution >= 4 is 11.9 Å². The van der Waals surface area contributed by atoms with Crippen molar-refractivity contribution in [1.29, 1.82) is 0 Å². The number of hydrogen-bond acceptors (Lipinski definition) is 4. The molecular weight excluding hydrogens is 284 g/mol. The SMILES string of the molecule is CCC(C)Oc1cc(C(=O)N2CCCC[C@@H]2C(=O)O)ccn1. The fourth-order valence-electron chi connectivity index (χ4n) is 2.49. The van der Waals surface area contributed by atoms with Gasteiger partial charge in [0.2, 0.25) is 5.88 Å². The molecule has 0 bridgehead atoms. The van der Waals surface area contributed by atoms with Crippen LogP contribution in [-0.4, -0.2) is 45.6 Å². The molecule has 0 aromatic carbocycles. The number of likely N-dealkylation sites (tertiary alicyclic amines) is 1. The van der Waals surface area contributed by atoms with Crippen LogP contribution in [0.3, 0.4) is 0 Å². The van der Waals surface area contributed by atoms with E-state index in [9.17, 15) is 14.7 Å². The summed E-state index contributed by atoms with van der Waals surface area (Å²) in [5.74, 6) is -0.828. The lowest BCUT2D eigenvalue weighted by molar-refractivity contribution is -0.143. The summed E-state index contributed by atoms with van der Waals surface area (Å²) < 4.78 is 5.62. The molecule has 1 amide bonds. The normalized spacial score (nSPS) is 19.5. The predicted octanol–water partition coefficient (Wildman–Crippen LogP) is 2.34. The van der Waals surface area contributed by atoms with Gasteiger partial charge in [-0.1, -0.05) is 6.92 Å². The Balaban J connectivity index is 2.17. The Bertz CT molecular complexity index is 547. The van der Waals surface area contributed by atoms with Gasteiger partial charge in [0.1, 0.15) is 6.04 Å². The van der Waals surface area contributed by atoms with E-state index < -0.39 is 12.0 Å². The number of ether oxygens (including phenoxy) is 1. The van der Waals surface area contributed by atoms with E-state index in [1.54, 1.807) is 12.1 Å². The molecule has 1 fully saturated rings. The molecule has 1 aliphatic rings. The zero-order valence-corrected chi connectivity index (χ0v) is 13.0. The lowest BCUT2D eigenvalue weighted by Crippen LogP contribution is -2.48. The minimum absolute atomic E-state index is 0.0135. The standard InChI is InChI=1S/C16H22N2O4/c1-3-11(2)22-14-10-12(7-8-17-14)15(19)18-9-5-4-6-13(18)16(20)21/h7-8,10-11,13H,3-6,9H2,1-2H3,(H,20,21)/t11?,13-/m1/s1. The number of carbonyl (C=O) groups excluding carboxylic acids is 1. The van der Waals surface area contributed by atoms with Gasteiger partial charge < -0.3 is 14.7 Å². The number of pyridine rings is 1. The first kappa shape index (κ1) is 16.3. The predicted molar refractivity (Wildman–Crippen MR) is 80.9 cm³/mol. The van der Waals surface area contributed by atoms with E-state index in [-0.39, 0.29) is 12.0 Å². The number of carboxylic acids is 1. The minimum Gasteiger partial charge on any atom is -0.480 e. The molecule has 120 valence electrons. The summed E-state index contributed by atoms with van der Waals surface area (Å²) in [5.41, 5.74) is 0.418. The highest BCUT2D eigenvalue weighted by Crippen LogP contribution is 2.21. The molecule has 0 saturated carbocycles. The van der Waals surface area contributed by atoms with Gasteiger partial charge >= 0.3 is 5.97 Å². The Kier molecular flexibility index (Phi) is 5.35. The number of piperidine rings is 1. The summed E-state index contributed by atoms with van der Waals surface area (Å²) in [5, 5.41) is 9.28. The van der Waals surface area contributed by atoms with E-state index in [1.807, 2.05) is 13.8 Å². The van der Waals surface area contributed by atoms with Gasteiger partial charge in [0, 0.05) is 24.4 Å². The van der Waals surface area contributed by atoms with Crippen LogP contribution in [0, 0.1) is 0 Å². The summed E-state index contributed by atoms with van der Waals surface area (Å²) in [4.78, 5) is 29.5. The summed E-state index contributed by atoms with van der Waals surface area (Å²) in [7, 11) is 0. The van der Waals surface area contributed by atoms with Crippen LogP contribution in [0.4, 0.5) is 0 Å². The molecule has 22 heavy (non-hydrogen) atoms. The highest BCUT2D eigenvalue weighted by Gasteiger charge is 2.32. The van der Waals surface area contributed by atoms with Gasteiger partial charge in [-0.15, -0.1) is 0 Å². The molecule has 2 heterocycles. The molecule has 1 aromatic heterocycles. The number of aliphatic carboxylic acids is 1. The maximum absolute atomic E-state index is 12.6. The molecule has 2 atom stereocenters. The number of carboxylic acid groups (broad SMARTS) is 1. The summed E-state index contributed by atoms with van der Waals surface area (Å²) in [6.45, 7) is 4.41. The van der Waals surface area contributed by atoms with Crippen molar-refractivity contribution in [2.45, 2.75) is 51.7 Å². The zero-order chi connectivity index (χ0) is 16.1. The van der Waals surface area contributed by atoms with Gasteiger partial charge in [0.05, 0.1) is 6.10 Å². The summed E-state index contributed by atoms with van der Waals surface area (Å²) >= 11 is 0. The first-order valence-electron chi connectivity index (χ1n) is 7.69. The Morgan fingerprint density at radius 1 is 1.50 bits per heavy atom. The number of hydrogen-bond donors (Lipinski definition) is 1. The molecule has 0 aliphatic carbocycles. The second kappa shape index (κ2) is 7.24. The Morgan fingerprint density at radius 2 is 2.27 bits per heavy atom. The van der Waals surface area contributed by atoms with Crippen molar-refractivity contribution in [3.63, 3.8) is 0 Å². The number of rotatable bonds is 5. The lowest BCUT2D eigenvalue weighted by atomic mass is 10.0. The highest BCUT2D eigenvalue weighted by atomic mass is 16.5. The fourth-order valence-corrected chi connectivity index (χ4v) is 2.49. The summed E-state index contributed by atoms with van der Waals surface area (Å²) in [6, 6.07) is 2.44. The number of carbonyl (C=O) groups is 2. The largest absolute Gasteiger partial charge is 0.480 e. The van der Waals surface area contributed by atoms with Crippen molar-refractivity contribution in [2.75, 3.05) is 6.54 Å². The molecule has 1 aliphatic heterocycles. The molecule has 2 rings (SSSR count). The maximum Gasteiger partial charge on any atom is 0.326 e. The monoisotopic (exact) mass is 306 g/mol. The van der Waals surface area contributed by atoms with Crippen molar-refractivity contribution < 1.29 is 19.4 Å². The molecule has 0 radical (unpaired) electrons. The average Bonchev–Trinajstić information content (AvgIpc) is 2.54. The van der Waals surface area contributed by atoms with Gasteiger partial charge in [0.15, 0.2) is 0 Å². The number of aromatic nitrogens is 1. The van der Waals surface area contributed by atoms with Gasteiger partial charge in [-0.2, -0.15) is 0 Å². The van der Waals surface area contributed by atoms with Crippen LogP contribution in [0.2, 0.25) is 0 Å². The van der Waals surface area contributed by atoms with E-state index in [0.29, 0.717) is 24.4 Å². The van der Waals surface area contributed by atoms with Crippen molar-refractivity contribution in [3.05, 3.63) is 23.9 Å². The van der Waals surface area contributed by atoms with Crippen LogP contribution >= 0.6 is 0 Å². The number of nitrogens with zero attached hydrogens (tertiary/aromatic N) is 2.